The zero-order chi connectivity index (χ0) is 17.8. The van der Waals surface area contributed by atoms with Crippen molar-refractivity contribution in [1.29, 1.82) is 5.26 Å². The average Bonchev–Trinajstić information content (AvgIpc) is 3.20. The molecule has 0 spiro atoms. The van der Waals surface area contributed by atoms with Crippen LogP contribution in [-0.2, 0) is 13.1 Å². The van der Waals surface area contributed by atoms with Gasteiger partial charge >= 0.3 is 0 Å². The van der Waals surface area contributed by atoms with Gasteiger partial charge in [-0.3, -0.25) is 0 Å². The number of aromatic nitrogens is 3. The molecule has 1 aliphatic rings. The lowest BCUT2D eigenvalue weighted by atomic mass is 10.0. The van der Waals surface area contributed by atoms with Crippen LogP contribution in [0.3, 0.4) is 0 Å². The fourth-order valence-electron chi connectivity index (χ4n) is 3.92. The third-order valence-electron chi connectivity index (χ3n) is 5.41. The second-order valence-corrected chi connectivity index (χ2v) is 6.95. The molecule has 0 fully saturated rings. The van der Waals surface area contributed by atoms with Gasteiger partial charge in [-0.15, -0.1) is 0 Å². The molecule has 4 aromatic rings. The van der Waals surface area contributed by atoms with Crippen LogP contribution in [0.4, 0.5) is 0 Å². The molecule has 0 unspecified atom stereocenters. The molecule has 0 saturated heterocycles. The van der Waals surface area contributed by atoms with Gasteiger partial charge in [-0.1, -0.05) is 30.3 Å². The molecule has 126 valence electrons. The van der Waals surface area contributed by atoms with E-state index in [0.717, 1.165) is 46.8 Å². The molecule has 0 N–H and O–H groups in total. The van der Waals surface area contributed by atoms with Crippen molar-refractivity contribution in [2.24, 2.45) is 0 Å². The van der Waals surface area contributed by atoms with Gasteiger partial charge in [0.05, 0.1) is 16.6 Å². The molecule has 0 atom stereocenters. The summed E-state index contributed by atoms with van der Waals surface area (Å²) >= 11 is 0. The molecule has 0 radical (unpaired) electrons. The molecule has 2 aromatic heterocycles. The van der Waals surface area contributed by atoms with Crippen LogP contribution in [0.5, 0.6) is 0 Å². The monoisotopic (exact) mass is 338 g/mol. The number of benzene rings is 2. The lowest BCUT2D eigenvalue weighted by Crippen LogP contribution is -2.16. The summed E-state index contributed by atoms with van der Waals surface area (Å²) in [5.41, 5.74) is 8.37. The minimum absolute atomic E-state index is 0.709. The van der Waals surface area contributed by atoms with Crippen molar-refractivity contribution in [3.05, 3.63) is 65.4 Å². The molecular weight excluding hydrogens is 320 g/mol. The van der Waals surface area contributed by atoms with Gasteiger partial charge in [0.15, 0.2) is 5.82 Å². The lowest BCUT2D eigenvalue weighted by molar-refractivity contribution is 0.567. The van der Waals surface area contributed by atoms with Crippen LogP contribution in [0.25, 0.3) is 33.7 Å². The zero-order valence-corrected chi connectivity index (χ0v) is 14.8. The highest BCUT2D eigenvalue weighted by Gasteiger charge is 2.27. The third kappa shape index (κ3) is 1.98. The van der Waals surface area contributed by atoms with E-state index < -0.39 is 0 Å². The number of aryl methyl sites for hydroxylation is 4. The first-order valence-corrected chi connectivity index (χ1v) is 8.84. The van der Waals surface area contributed by atoms with E-state index in [1.807, 2.05) is 18.2 Å². The SMILES string of the molecule is Cc1cc2nc3n(c2cc1C)CCn1cc(-c2ccccc2)c(C#N)c1-3. The van der Waals surface area contributed by atoms with Gasteiger partial charge < -0.3 is 9.13 Å². The Kier molecular flexibility index (Phi) is 3.07. The van der Waals surface area contributed by atoms with Gasteiger partial charge in [-0.25, -0.2) is 4.98 Å². The molecule has 0 amide bonds. The van der Waals surface area contributed by atoms with Crippen molar-refractivity contribution in [2.45, 2.75) is 26.9 Å². The highest BCUT2D eigenvalue weighted by atomic mass is 15.2. The third-order valence-corrected chi connectivity index (χ3v) is 5.41. The normalized spacial score (nSPS) is 12.7. The standard InChI is InChI=1S/C22H18N4/c1-14-10-19-20(11-15(14)2)26-9-8-25-13-18(16-6-4-3-5-7-16)17(12-23)21(25)22(26)24-19/h3-7,10-11,13H,8-9H2,1-2H3. The van der Waals surface area contributed by atoms with Crippen molar-refractivity contribution >= 4 is 11.0 Å². The summed E-state index contributed by atoms with van der Waals surface area (Å²) in [6.45, 7) is 5.97. The summed E-state index contributed by atoms with van der Waals surface area (Å²) in [6.07, 6.45) is 2.10. The zero-order valence-electron chi connectivity index (χ0n) is 14.8. The number of nitrogens with zero attached hydrogens (tertiary/aromatic N) is 4. The van der Waals surface area contributed by atoms with Crippen LogP contribution < -0.4 is 0 Å². The summed E-state index contributed by atoms with van der Waals surface area (Å²) in [5, 5.41) is 9.91. The number of rotatable bonds is 1. The maximum atomic E-state index is 9.91. The van der Waals surface area contributed by atoms with Gasteiger partial charge in [0.2, 0.25) is 0 Å². The second kappa shape index (κ2) is 5.34. The first-order valence-electron chi connectivity index (χ1n) is 8.84. The van der Waals surface area contributed by atoms with E-state index in [0.29, 0.717) is 5.56 Å². The first-order chi connectivity index (χ1) is 12.7. The van der Waals surface area contributed by atoms with Crippen molar-refractivity contribution in [2.75, 3.05) is 0 Å². The summed E-state index contributed by atoms with van der Waals surface area (Å²) in [6, 6.07) is 16.9. The quantitative estimate of drug-likeness (QED) is 0.506. The van der Waals surface area contributed by atoms with Crippen LogP contribution >= 0.6 is 0 Å². The van der Waals surface area contributed by atoms with E-state index in [1.165, 1.54) is 11.1 Å². The van der Waals surface area contributed by atoms with Crippen molar-refractivity contribution in [3.8, 4) is 28.7 Å². The van der Waals surface area contributed by atoms with Crippen LogP contribution in [0, 0.1) is 25.2 Å². The Hall–Kier alpha value is -3.32. The van der Waals surface area contributed by atoms with Gasteiger partial charge in [0.25, 0.3) is 0 Å². The number of hydrogen-bond donors (Lipinski definition) is 0. The molecular formula is C22H18N4. The van der Waals surface area contributed by atoms with Gasteiger partial charge in [-0.05, 0) is 42.7 Å². The summed E-state index contributed by atoms with van der Waals surface area (Å²) in [7, 11) is 0. The molecule has 2 aromatic carbocycles. The Morgan fingerprint density at radius 3 is 2.58 bits per heavy atom. The van der Waals surface area contributed by atoms with Crippen LogP contribution in [0.15, 0.2) is 48.7 Å². The largest absolute Gasteiger partial charge is 0.341 e. The van der Waals surface area contributed by atoms with Gasteiger partial charge in [0.1, 0.15) is 11.8 Å². The Balaban J connectivity index is 1.81. The number of hydrogen-bond acceptors (Lipinski definition) is 2. The maximum absolute atomic E-state index is 9.91. The Morgan fingerprint density at radius 2 is 1.81 bits per heavy atom. The fourth-order valence-corrected chi connectivity index (χ4v) is 3.92. The van der Waals surface area contributed by atoms with Gasteiger partial charge in [-0.2, -0.15) is 5.26 Å². The second-order valence-electron chi connectivity index (χ2n) is 6.95. The summed E-state index contributed by atoms with van der Waals surface area (Å²) < 4.78 is 4.44. The first kappa shape index (κ1) is 15.0. The molecule has 4 heteroatoms. The van der Waals surface area contributed by atoms with Crippen LogP contribution in [0.1, 0.15) is 16.7 Å². The molecule has 4 nitrogen and oxygen atoms in total. The van der Waals surface area contributed by atoms with E-state index in [1.54, 1.807) is 0 Å². The Labute approximate surface area is 151 Å². The highest BCUT2D eigenvalue weighted by molar-refractivity contribution is 5.86. The molecule has 5 rings (SSSR count). The molecule has 3 heterocycles. The maximum Gasteiger partial charge on any atom is 0.159 e. The van der Waals surface area contributed by atoms with E-state index in [2.05, 4.69) is 59.5 Å². The van der Waals surface area contributed by atoms with Crippen molar-refractivity contribution < 1.29 is 0 Å². The predicted molar refractivity (Wildman–Crippen MR) is 103 cm³/mol. The summed E-state index contributed by atoms with van der Waals surface area (Å²) in [5.74, 6) is 0.898. The highest BCUT2D eigenvalue weighted by Crippen LogP contribution is 2.37. The van der Waals surface area contributed by atoms with Gasteiger partial charge in [0, 0.05) is 24.8 Å². The number of nitriles is 1. The lowest BCUT2D eigenvalue weighted by Gasteiger charge is -2.18. The smallest absolute Gasteiger partial charge is 0.159 e. The Morgan fingerprint density at radius 1 is 1.04 bits per heavy atom. The van der Waals surface area contributed by atoms with E-state index in [4.69, 9.17) is 4.98 Å². The number of fused-ring (bicyclic) bond motifs is 5. The topological polar surface area (TPSA) is 46.5 Å². The number of imidazole rings is 1. The average molecular weight is 338 g/mol. The van der Waals surface area contributed by atoms with Crippen molar-refractivity contribution in [3.63, 3.8) is 0 Å². The molecule has 1 aliphatic heterocycles. The molecule has 0 aliphatic carbocycles. The minimum atomic E-state index is 0.709. The molecule has 0 saturated carbocycles. The predicted octanol–water partition coefficient (Wildman–Crippen LogP) is 4.67. The van der Waals surface area contributed by atoms with E-state index in [9.17, 15) is 5.26 Å². The summed E-state index contributed by atoms with van der Waals surface area (Å²) in [4.78, 5) is 4.90. The van der Waals surface area contributed by atoms with Crippen molar-refractivity contribution in [1.82, 2.24) is 14.1 Å². The Bertz CT molecular complexity index is 1200. The molecule has 26 heavy (non-hydrogen) atoms. The minimum Gasteiger partial charge on any atom is -0.341 e. The van der Waals surface area contributed by atoms with Crippen LogP contribution in [-0.4, -0.2) is 14.1 Å². The van der Waals surface area contributed by atoms with E-state index >= 15 is 0 Å². The molecule has 0 bridgehead atoms. The fraction of sp³-hybridized carbons (Fsp3) is 0.182. The van der Waals surface area contributed by atoms with Crippen LogP contribution in [0.2, 0.25) is 0 Å². The van der Waals surface area contributed by atoms with E-state index in [-0.39, 0.29) is 0 Å².